The van der Waals surface area contributed by atoms with Gasteiger partial charge in [-0.1, -0.05) is 165 Å². The molecule has 0 aromatic heterocycles. The van der Waals surface area contributed by atoms with Gasteiger partial charge in [-0.25, -0.2) is 0 Å². The van der Waals surface area contributed by atoms with Crippen LogP contribution in [0.25, 0.3) is 0 Å². The van der Waals surface area contributed by atoms with Gasteiger partial charge in [0.15, 0.2) is 6.10 Å². The summed E-state index contributed by atoms with van der Waals surface area (Å²) in [5, 5.41) is 0. The number of unbranched alkanes of at least 4 members (excludes halogenated alkanes) is 20. The Bertz CT molecular complexity index is 1040. The molecule has 0 radical (unpaired) electrons. The summed E-state index contributed by atoms with van der Waals surface area (Å²) in [5.41, 5.74) is 0. The van der Waals surface area contributed by atoms with Crippen LogP contribution in [-0.2, 0) is 28.6 Å². The number of rotatable bonds is 41. The molecule has 0 bridgehead atoms. The SMILES string of the molecule is CC/C=C\C/C=C\C/C=C\CCCCCCC(=O)OC(COC(=O)CCC/C=C\CCCCCC)COC(=O)CCCCCCCCC/C=C\CCCCCC. The summed E-state index contributed by atoms with van der Waals surface area (Å²) in [6, 6.07) is 0. The Labute approximate surface area is 345 Å². The minimum absolute atomic E-state index is 0.0945. The Morgan fingerprint density at radius 2 is 0.714 bits per heavy atom. The smallest absolute Gasteiger partial charge is 0.306 e. The van der Waals surface area contributed by atoms with Crippen LogP contribution < -0.4 is 0 Å². The molecule has 0 spiro atoms. The predicted molar refractivity (Wildman–Crippen MR) is 238 cm³/mol. The molecule has 1 unspecified atom stereocenters. The summed E-state index contributed by atoms with van der Waals surface area (Å²) in [5.74, 6) is -0.961. The van der Waals surface area contributed by atoms with Crippen LogP contribution >= 0.6 is 0 Å². The van der Waals surface area contributed by atoms with Crippen LogP contribution in [0.3, 0.4) is 0 Å². The first-order valence-corrected chi connectivity index (χ1v) is 23.3. The van der Waals surface area contributed by atoms with Crippen LogP contribution in [0, 0.1) is 0 Å². The summed E-state index contributed by atoms with van der Waals surface area (Å²) in [4.78, 5) is 37.7. The van der Waals surface area contributed by atoms with Crippen LogP contribution in [0.2, 0.25) is 0 Å². The lowest BCUT2D eigenvalue weighted by atomic mass is 10.1. The summed E-state index contributed by atoms with van der Waals surface area (Å²) < 4.78 is 16.6. The predicted octanol–water partition coefficient (Wildman–Crippen LogP) is 14.9. The van der Waals surface area contributed by atoms with Gasteiger partial charge in [0, 0.05) is 19.3 Å². The third kappa shape index (κ3) is 42.3. The average Bonchev–Trinajstić information content (AvgIpc) is 3.19. The third-order valence-corrected chi connectivity index (χ3v) is 9.73. The second-order valence-electron chi connectivity index (χ2n) is 15.3. The fourth-order valence-electron chi connectivity index (χ4n) is 6.22. The molecule has 0 aliphatic carbocycles. The van der Waals surface area contributed by atoms with Gasteiger partial charge < -0.3 is 14.2 Å². The van der Waals surface area contributed by atoms with E-state index in [1.165, 1.54) is 89.9 Å². The van der Waals surface area contributed by atoms with Gasteiger partial charge in [0.1, 0.15) is 13.2 Å². The van der Waals surface area contributed by atoms with Gasteiger partial charge in [-0.2, -0.15) is 0 Å². The first kappa shape index (κ1) is 53.1. The topological polar surface area (TPSA) is 78.9 Å². The zero-order chi connectivity index (χ0) is 40.8. The van der Waals surface area contributed by atoms with E-state index in [-0.39, 0.29) is 31.1 Å². The number of esters is 3. The van der Waals surface area contributed by atoms with Crippen molar-refractivity contribution in [3.8, 4) is 0 Å². The Morgan fingerprint density at radius 3 is 1.18 bits per heavy atom. The van der Waals surface area contributed by atoms with Gasteiger partial charge >= 0.3 is 17.9 Å². The maximum atomic E-state index is 12.7. The second kappa shape index (κ2) is 44.8. The molecule has 0 aromatic rings. The Morgan fingerprint density at radius 1 is 0.375 bits per heavy atom. The zero-order valence-corrected chi connectivity index (χ0v) is 36.6. The summed E-state index contributed by atoms with van der Waals surface area (Å²) in [7, 11) is 0. The molecule has 1 atom stereocenters. The van der Waals surface area contributed by atoms with Gasteiger partial charge in [-0.05, 0) is 96.3 Å². The van der Waals surface area contributed by atoms with E-state index >= 15 is 0 Å². The van der Waals surface area contributed by atoms with Crippen molar-refractivity contribution in [2.24, 2.45) is 0 Å². The average molecular weight is 783 g/mol. The molecule has 0 saturated carbocycles. The van der Waals surface area contributed by atoms with Crippen molar-refractivity contribution in [2.45, 2.75) is 226 Å². The highest BCUT2D eigenvalue weighted by Crippen LogP contribution is 2.13. The molecular formula is C50H86O6. The number of carbonyl (C=O) groups is 3. The molecule has 0 fully saturated rings. The molecule has 56 heavy (non-hydrogen) atoms. The number of hydrogen-bond acceptors (Lipinski definition) is 6. The molecule has 0 aliphatic rings. The maximum Gasteiger partial charge on any atom is 0.306 e. The minimum atomic E-state index is -0.795. The van der Waals surface area contributed by atoms with Crippen molar-refractivity contribution in [1.29, 1.82) is 0 Å². The second-order valence-corrected chi connectivity index (χ2v) is 15.3. The number of allylic oxidation sites excluding steroid dienone is 10. The number of carbonyl (C=O) groups excluding carboxylic acids is 3. The number of ether oxygens (including phenoxy) is 3. The Balaban J connectivity index is 4.41. The molecule has 0 saturated heterocycles. The molecule has 0 aliphatic heterocycles. The lowest BCUT2D eigenvalue weighted by molar-refractivity contribution is -0.167. The van der Waals surface area contributed by atoms with Crippen LogP contribution in [0.5, 0.6) is 0 Å². The molecule has 0 rings (SSSR count). The van der Waals surface area contributed by atoms with Crippen molar-refractivity contribution in [1.82, 2.24) is 0 Å². The van der Waals surface area contributed by atoms with Gasteiger partial charge in [-0.3, -0.25) is 14.4 Å². The fourth-order valence-corrected chi connectivity index (χ4v) is 6.22. The highest BCUT2D eigenvalue weighted by molar-refractivity contribution is 5.71. The van der Waals surface area contributed by atoms with Crippen molar-refractivity contribution >= 4 is 17.9 Å². The molecule has 0 aromatic carbocycles. The first-order valence-electron chi connectivity index (χ1n) is 23.3. The fraction of sp³-hybridized carbons (Fsp3) is 0.740. The summed E-state index contributed by atoms with van der Waals surface area (Å²) in [6.07, 6.45) is 53.5. The lowest BCUT2D eigenvalue weighted by Gasteiger charge is -2.18. The highest BCUT2D eigenvalue weighted by atomic mass is 16.6. The lowest BCUT2D eigenvalue weighted by Crippen LogP contribution is -2.30. The zero-order valence-electron chi connectivity index (χ0n) is 36.6. The van der Waals surface area contributed by atoms with Gasteiger partial charge in [0.05, 0.1) is 0 Å². The van der Waals surface area contributed by atoms with E-state index in [9.17, 15) is 14.4 Å². The molecule has 322 valence electrons. The van der Waals surface area contributed by atoms with E-state index in [4.69, 9.17) is 14.2 Å². The van der Waals surface area contributed by atoms with E-state index in [1.807, 2.05) is 0 Å². The van der Waals surface area contributed by atoms with Crippen molar-refractivity contribution in [2.75, 3.05) is 13.2 Å². The largest absolute Gasteiger partial charge is 0.462 e. The molecule has 6 heteroatoms. The monoisotopic (exact) mass is 783 g/mol. The van der Waals surface area contributed by atoms with Gasteiger partial charge in [-0.15, -0.1) is 0 Å². The van der Waals surface area contributed by atoms with E-state index < -0.39 is 6.10 Å². The van der Waals surface area contributed by atoms with E-state index in [0.29, 0.717) is 25.7 Å². The summed E-state index contributed by atoms with van der Waals surface area (Å²) in [6.45, 7) is 6.42. The molecule has 6 nitrogen and oxygen atoms in total. The standard InChI is InChI=1S/C50H86O6/c1-4-7-10-13-16-19-21-23-25-27-28-31-34-37-40-43-49(52)55-46-47(45-54-48(51)42-39-36-33-30-18-15-12-9-6-3)56-50(53)44-41-38-35-32-29-26-24-22-20-17-14-11-8-5-2/h8,11,17,19-21,24,26,30,33,47H,4-7,9-10,12-16,18,22-23,25,27-29,31-32,34-46H2,1-3H3/b11-8-,20-17-,21-19-,26-24-,33-30-. The first-order chi connectivity index (χ1) is 27.5. The van der Waals surface area contributed by atoms with E-state index in [1.54, 1.807) is 0 Å². The van der Waals surface area contributed by atoms with Crippen LogP contribution in [0.1, 0.15) is 220 Å². The van der Waals surface area contributed by atoms with Gasteiger partial charge in [0.2, 0.25) is 0 Å². The highest BCUT2D eigenvalue weighted by Gasteiger charge is 2.19. The third-order valence-electron chi connectivity index (χ3n) is 9.73. The number of hydrogen-bond donors (Lipinski definition) is 0. The van der Waals surface area contributed by atoms with Crippen LogP contribution in [0.4, 0.5) is 0 Å². The Hall–Kier alpha value is -2.89. The van der Waals surface area contributed by atoms with E-state index in [0.717, 1.165) is 83.5 Å². The van der Waals surface area contributed by atoms with Crippen LogP contribution in [0.15, 0.2) is 60.8 Å². The van der Waals surface area contributed by atoms with E-state index in [2.05, 4.69) is 81.5 Å². The quantitative estimate of drug-likeness (QED) is 0.0266. The van der Waals surface area contributed by atoms with Crippen molar-refractivity contribution in [3.63, 3.8) is 0 Å². The molecule has 0 N–H and O–H groups in total. The summed E-state index contributed by atoms with van der Waals surface area (Å²) >= 11 is 0. The van der Waals surface area contributed by atoms with Crippen molar-refractivity contribution in [3.05, 3.63) is 60.8 Å². The normalized spacial score (nSPS) is 12.6. The molecule has 0 amide bonds. The molecule has 0 heterocycles. The maximum absolute atomic E-state index is 12.7. The van der Waals surface area contributed by atoms with Crippen molar-refractivity contribution < 1.29 is 28.6 Å². The Kier molecular flexibility index (Phi) is 42.5. The molecular weight excluding hydrogens is 697 g/mol. The van der Waals surface area contributed by atoms with Gasteiger partial charge in [0.25, 0.3) is 0 Å². The minimum Gasteiger partial charge on any atom is -0.462 e. The van der Waals surface area contributed by atoms with Crippen LogP contribution in [-0.4, -0.2) is 37.2 Å².